The lowest BCUT2D eigenvalue weighted by atomic mass is 10.1. The first-order valence-electron chi connectivity index (χ1n) is 3.76. The van der Waals surface area contributed by atoms with E-state index in [0.717, 1.165) is 22.2 Å². The second kappa shape index (κ2) is 3.34. The van der Waals surface area contributed by atoms with E-state index in [2.05, 4.69) is 48.2 Å². The zero-order valence-corrected chi connectivity index (χ0v) is 9.52. The van der Waals surface area contributed by atoms with E-state index >= 15 is 0 Å². The van der Waals surface area contributed by atoms with Crippen molar-refractivity contribution in [3.63, 3.8) is 0 Å². The molecule has 0 saturated heterocycles. The maximum atomic E-state index is 4.28. The maximum absolute atomic E-state index is 4.28. The Morgan fingerprint density at radius 3 is 3.25 bits per heavy atom. The molecule has 1 aromatic rings. The fraction of sp³-hybridized carbons (Fsp3) is 0.375. The van der Waals surface area contributed by atoms with Gasteiger partial charge >= 0.3 is 0 Å². The second-order valence-corrected chi connectivity index (χ2v) is 4.39. The third kappa shape index (κ3) is 1.38. The highest BCUT2D eigenvalue weighted by Gasteiger charge is 2.21. The molecule has 12 heavy (non-hydrogen) atoms. The van der Waals surface area contributed by atoms with E-state index in [-0.39, 0.29) is 0 Å². The average Bonchev–Trinajstić information content (AvgIpc) is 2.46. The zero-order chi connectivity index (χ0) is 8.55. The average molecular weight is 292 g/mol. The maximum Gasteiger partial charge on any atom is 0.129 e. The van der Waals surface area contributed by atoms with Crippen molar-refractivity contribution in [2.24, 2.45) is 0 Å². The highest BCUT2D eigenvalue weighted by molar-refractivity contribution is 9.10. The van der Waals surface area contributed by atoms with Crippen LogP contribution in [0.5, 0.6) is 0 Å². The first kappa shape index (κ1) is 8.51. The zero-order valence-electron chi connectivity index (χ0n) is 6.35. The van der Waals surface area contributed by atoms with Gasteiger partial charge in [-0.3, -0.25) is 0 Å². The molecule has 2 heterocycles. The topological polar surface area (TPSA) is 24.9 Å². The fourth-order valence-electron chi connectivity index (χ4n) is 1.38. The smallest absolute Gasteiger partial charge is 0.129 e. The summed E-state index contributed by atoms with van der Waals surface area (Å²) in [5.74, 6) is 1.59. The monoisotopic (exact) mass is 290 g/mol. The van der Waals surface area contributed by atoms with Crippen LogP contribution >= 0.6 is 31.9 Å². The number of anilines is 1. The molecular formula is C8H8Br2N2. The minimum absolute atomic E-state index is 0.560. The van der Waals surface area contributed by atoms with Crippen LogP contribution in [0, 0.1) is 0 Å². The number of pyridine rings is 1. The molecule has 1 unspecified atom stereocenters. The number of nitrogens with zero attached hydrogens (tertiary/aromatic N) is 1. The molecule has 0 bridgehead atoms. The Labute approximate surface area is 88.0 Å². The van der Waals surface area contributed by atoms with Gasteiger partial charge < -0.3 is 5.32 Å². The molecule has 1 N–H and O–H groups in total. The van der Waals surface area contributed by atoms with Crippen LogP contribution in [0.3, 0.4) is 0 Å². The molecule has 2 rings (SSSR count). The summed E-state index contributed by atoms with van der Waals surface area (Å²) in [5.41, 5.74) is 1.31. The molecule has 0 aliphatic carbocycles. The van der Waals surface area contributed by atoms with Crippen molar-refractivity contribution in [2.75, 3.05) is 17.2 Å². The van der Waals surface area contributed by atoms with Crippen LogP contribution in [0.1, 0.15) is 11.5 Å². The molecule has 0 amide bonds. The third-order valence-electron chi connectivity index (χ3n) is 2.03. The molecule has 0 saturated carbocycles. The van der Waals surface area contributed by atoms with E-state index in [1.807, 2.05) is 6.20 Å². The van der Waals surface area contributed by atoms with Crippen molar-refractivity contribution in [2.45, 2.75) is 5.92 Å². The Bertz CT molecular complexity index is 301. The summed E-state index contributed by atoms with van der Waals surface area (Å²) in [7, 11) is 0. The van der Waals surface area contributed by atoms with Gasteiger partial charge in [0.05, 0.1) is 0 Å². The third-order valence-corrected chi connectivity index (χ3v) is 3.24. The molecular weight excluding hydrogens is 284 g/mol. The Morgan fingerprint density at radius 1 is 1.67 bits per heavy atom. The van der Waals surface area contributed by atoms with Gasteiger partial charge in [0.15, 0.2) is 0 Å². The van der Waals surface area contributed by atoms with Crippen molar-refractivity contribution in [1.29, 1.82) is 0 Å². The summed E-state index contributed by atoms with van der Waals surface area (Å²) in [6.07, 6.45) is 1.82. The molecule has 1 atom stereocenters. The minimum atomic E-state index is 0.560. The number of aromatic nitrogens is 1. The summed E-state index contributed by atoms with van der Waals surface area (Å²) >= 11 is 6.90. The Hall–Kier alpha value is -0.0900. The van der Waals surface area contributed by atoms with Crippen molar-refractivity contribution in [3.8, 4) is 0 Å². The number of hydrogen-bond donors (Lipinski definition) is 1. The predicted molar refractivity (Wildman–Crippen MR) is 57.0 cm³/mol. The number of hydrogen-bond acceptors (Lipinski definition) is 2. The lowest BCUT2D eigenvalue weighted by molar-refractivity contribution is 0.873. The van der Waals surface area contributed by atoms with E-state index in [0.29, 0.717) is 5.92 Å². The van der Waals surface area contributed by atoms with Crippen molar-refractivity contribution in [1.82, 2.24) is 4.98 Å². The molecule has 1 aliphatic rings. The van der Waals surface area contributed by atoms with Crippen LogP contribution in [0.25, 0.3) is 0 Å². The van der Waals surface area contributed by atoms with Gasteiger partial charge in [-0.25, -0.2) is 4.98 Å². The normalized spacial score (nSPS) is 20.3. The quantitative estimate of drug-likeness (QED) is 0.805. The lowest BCUT2D eigenvalue weighted by Crippen LogP contribution is -2.02. The van der Waals surface area contributed by atoms with Gasteiger partial charge in [-0.05, 0) is 22.0 Å². The van der Waals surface area contributed by atoms with Gasteiger partial charge in [-0.2, -0.15) is 0 Å². The fourth-order valence-corrected chi connectivity index (χ4v) is 2.31. The first-order valence-corrected chi connectivity index (χ1v) is 5.68. The molecule has 0 fully saturated rings. The van der Waals surface area contributed by atoms with E-state index < -0.39 is 0 Å². The van der Waals surface area contributed by atoms with Gasteiger partial charge in [0.1, 0.15) is 5.82 Å². The molecule has 0 aromatic carbocycles. The van der Waals surface area contributed by atoms with Crippen molar-refractivity contribution >= 4 is 37.7 Å². The number of fused-ring (bicyclic) bond motifs is 1. The lowest BCUT2D eigenvalue weighted by Gasteiger charge is -2.03. The molecule has 2 nitrogen and oxygen atoms in total. The van der Waals surface area contributed by atoms with Crippen LogP contribution in [-0.2, 0) is 0 Å². The second-order valence-electron chi connectivity index (χ2n) is 2.82. The Kier molecular flexibility index (Phi) is 2.37. The van der Waals surface area contributed by atoms with Crippen LogP contribution in [0.4, 0.5) is 5.82 Å². The first-order chi connectivity index (χ1) is 5.81. The van der Waals surface area contributed by atoms with Gasteiger partial charge in [0, 0.05) is 34.0 Å². The highest BCUT2D eigenvalue weighted by Crippen LogP contribution is 2.32. The molecule has 4 heteroatoms. The number of alkyl halides is 1. The van der Waals surface area contributed by atoms with E-state index in [9.17, 15) is 0 Å². The van der Waals surface area contributed by atoms with Gasteiger partial charge in [-0.1, -0.05) is 15.9 Å². The van der Waals surface area contributed by atoms with Crippen molar-refractivity contribution in [3.05, 3.63) is 22.3 Å². The number of halogens is 2. The Morgan fingerprint density at radius 2 is 2.50 bits per heavy atom. The summed E-state index contributed by atoms with van der Waals surface area (Å²) in [5, 5.41) is 4.26. The van der Waals surface area contributed by atoms with Crippen LogP contribution in [-0.4, -0.2) is 16.9 Å². The SMILES string of the molecule is BrCC1CNc2ncc(Br)cc21. The molecule has 1 aliphatic heterocycles. The standard InChI is InChI=1S/C8H8Br2N2/c9-2-5-3-11-8-7(5)1-6(10)4-12-8/h1,4-5H,2-3H2,(H,11,12). The predicted octanol–water partition coefficient (Wildman–Crippen LogP) is 2.75. The van der Waals surface area contributed by atoms with Crippen LogP contribution in [0.15, 0.2) is 16.7 Å². The molecule has 64 valence electrons. The Balaban J connectivity index is 2.42. The molecule has 1 aromatic heterocycles. The van der Waals surface area contributed by atoms with Gasteiger partial charge in [0.2, 0.25) is 0 Å². The number of nitrogens with one attached hydrogen (secondary N) is 1. The molecule has 0 spiro atoms. The summed E-state index contributed by atoms with van der Waals surface area (Å²) in [4.78, 5) is 4.28. The van der Waals surface area contributed by atoms with Crippen LogP contribution in [0.2, 0.25) is 0 Å². The highest BCUT2D eigenvalue weighted by atomic mass is 79.9. The van der Waals surface area contributed by atoms with E-state index in [1.54, 1.807) is 0 Å². The van der Waals surface area contributed by atoms with Crippen molar-refractivity contribution < 1.29 is 0 Å². The van der Waals surface area contributed by atoms with Gasteiger partial charge in [0.25, 0.3) is 0 Å². The summed E-state index contributed by atoms with van der Waals surface area (Å²) in [6.45, 7) is 0.990. The summed E-state index contributed by atoms with van der Waals surface area (Å²) < 4.78 is 1.05. The largest absolute Gasteiger partial charge is 0.369 e. The van der Waals surface area contributed by atoms with E-state index in [1.165, 1.54) is 5.56 Å². The minimum Gasteiger partial charge on any atom is -0.369 e. The number of rotatable bonds is 1. The summed E-state index contributed by atoms with van der Waals surface area (Å²) in [6, 6.07) is 2.13. The van der Waals surface area contributed by atoms with E-state index in [4.69, 9.17) is 0 Å². The molecule has 0 radical (unpaired) electrons. The van der Waals surface area contributed by atoms with Gasteiger partial charge in [-0.15, -0.1) is 0 Å². The van der Waals surface area contributed by atoms with Crippen LogP contribution < -0.4 is 5.32 Å².